The van der Waals surface area contributed by atoms with Gasteiger partial charge in [-0.15, -0.1) is 0 Å². The van der Waals surface area contributed by atoms with Gasteiger partial charge < -0.3 is 4.90 Å². The molecule has 0 aliphatic heterocycles. The van der Waals surface area contributed by atoms with Crippen LogP contribution in [0, 0.1) is 9.49 Å². The summed E-state index contributed by atoms with van der Waals surface area (Å²) in [5.74, 6) is 0.852. The van der Waals surface area contributed by atoms with Gasteiger partial charge in [-0.3, -0.25) is 4.79 Å². The predicted octanol–water partition coefficient (Wildman–Crippen LogP) is 3.94. The first-order valence-electron chi connectivity index (χ1n) is 6.64. The highest BCUT2D eigenvalue weighted by molar-refractivity contribution is 14.1. The van der Waals surface area contributed by atoms with Crippen molar-refractivity contribution in [3.8, 4) is 0 Å². The van der Waals surface area contributed by atoms with E-state index in [1.54, 1.807) is 0 Å². The van der Waals surface area contributed by atoms with E-state index in [1.807, 2.05) is 24.3 Å². The Bertz CT molecular complexity index is 409. The lowest BCUT2D eigenvalue weighted by Gasteiger charge is -2.23. The molecule has 0 atom stereocenters. The van der Waals surface area contributed by atoms with Crippen LogP contribution in [0.1, 0.15) is 43.5 Å². The van der Waals surface area contributed by atoms with Crippen LogP contribution in [0.15, 0.2) is 24.3 Å². The molecule has 98 valence electrons. The van der Waals surface area contributed by atoms with Crippen molar-refractivity contribution in [2.45, 2.75) is 39.2 Å². The molecule has 18 heavy (non-hydrogen) atoms. The Balaban J connectivity index is 2.05. The van der Waals surface area contributed by atoms with Crippen molar-refractivity contribution in [1.82, 2.24) is 4.90 Å². The molecule has 1 aliphatic carbocycles. The second-order valence-corrected chi connectivity index (χ2v) is 6.66. The molecular formula is C15H20INO. The molecule has 3 heteroatoms. The van der Waals surface area contributed by atoms with E-state index in [-0.39, 0.29) is 5.91 Å². The molecular weight excluding hydrogens is 337 g/mol. The van der Waals surface area contributed by atoms with Crippen molar-refractivity contribution in [3.05, 3.63) is 33.4 Å². The lowest BCUT2D eigenvalue weighted by molar-refractivity contribution is 0.0735. The van der Waals surface area contributed by atoms with Gasteiger partial charge in [0.15, 0.2) is 0 Å². The summed E-state index contributed by atoms with van der Waals surface area (Å²) < 4.78 is 1.17. The Morgan fingerprint density at radius 2 is 1.94 bits per heavy atom. The van der Waals surface area contributed by atoms with Crippen LogP contribution < -0.4 is 0 Å². The number of benzene rings is 1. The number of halogens is 1. The molecule has 1 fully saturated rings. The molecule has 0 saturated heterocycles. The van der Waals surface area contributed by atoms with Crippen molar-refractivity contribution in [3.63, 3.8) is 0 Å². The summed E-state index contributed by atoms with van der Waals surface area (Å²) in [5, 5.41) is 0. The van der Waals surface area contributed by atoms with E-state index in [4.69, 9.17) is 0 Å². The Hall–Kier alpha value is -0.580. The molecule has 1 aromatic rings. The number of hydrogen-bond acceptors (Lipinski definition) is 1. The van der Waals surface area contributed by atoms with E-state index in [1.165, 1.54) is 16.4 Å². The van der Waals surface area contributed by atoms with E-state index < -0.39 is 0 Å². The number of hydrogen-bond donors (Lipinski definition) is 0. The molecule has 2 nitrogen and oxygen atoms in total. The van der Waals surface area contributed by atoms with E-state index in [0.717, 1.165) is 18.5 Å². The van der Waals surface area contributed by atoms with Gasteiger partial charge in [0, 0.05) is 21.7 Å². The van der Waals surface area contributed by atoms with Gasteiger partial charge in [0.25, 0.3) is 5.91 Å². The van der Waals surface area contributed by atoms with Crippen LogP contribution in [0.5, 0.6) is 0 Å². The molecule has 1 saturated carbocycles. The third kappa shape index (κ3) is 3.70. The van der Waals surface area contributed by atoms with Crippen LogP contribution in [-0.2, 0) is 0 Å². The third-order valence-electron chi connectivity index (χ3n) is 3.29. The smallest absolute Gasteiger partial charge is 0.254 e. The molecule has 0 bridgehead atoms. The van der Waals surface area contributed by atoms with Gasteiger partial charge in [0.05, 0.1) is 0 Å². The molecule has 0 aromatic heterocycles. The van der Waals surface area contributed by atoms with E-state index in [9.17, 15) is 4.79 Å². The minimum absolute atomic E-state index is 0.203. The zero-order chi connectivity index (χ0) is 13.1. The summed E-state index contributed by atoms with van der Waals surface area (Å²) in [4.78, 5) is 14.5. The predicted molar refractivity (Wildman–Crippen MR) is 82.7 cm³/mol. The second-order valence-electron chi connectivity index (χ2n) is 5.42. The van der Waals surface area contributed by atoms with Crippen molar-refractivity contribution in [2.75, 3.05) is 6.54 Å². The van der Waals surface area contributed by atoms with Crippen LogP contribution in [0.2, 0.25) is 0 Å². The van der Waals surface area contributed by atoms with Gasteiger partial charge in [0.2, 0.25) is 0 Å². The minimum Gasteiger partial charge on any atom is -0.336 e. The summed E-state index contributed by atoms with van der Waals surface area (Å²) in [7, 11) is 0. The van der Waals surface area contributed by atoms with Crippen molar-refractivity contribution >= 4 is 28.5 Å². The minimum atomic E-state index is 0.203. The van der Waals surface area contributed by atoms with Crippen molar-refractivity contribution < 1.29 is 4.79 Å². The monoisotopic (exact) mass is 357 g/mol. The van der Waals surface area contributed by atoms with Gasteiger partial charge >= 0.3 is 0 Å². The highest BCUT2D eigenvalue weighted by Crippen LogP contribution is 2.29. The first-order chi connectivity index (χ1) is 8.58. The fourth-order valence-electron chi connectivity index (χ4n) is 1.99. The first-order valence-corrected chi connectivity index (χ1v) is 7.72. The van der Waals surface area contributed by atoms with Crippen LogP contribution in [0.25, 0.3) is 0 Å². The highest BCUT2D eigenvalue weighted by atomic mass is 127. The molecule has 0 N–H and O–H groups in total. The zero-order valence-corrected chi connectivity index (χ0v) is 13.2. The van der Waals surface area contributed by atoms with Gasteiger partial charge in [-0.1, -0.05) is 13.8 Å². The average molecular weight is 357 g/mol. The number of carbonyl (C=O) groups excluding carboxylic acids is 1. The van der Waals surface area contributed by atoms with Gasteiger partial charge in [0.1, 0.15) is 0 Å². The fraction of sp³-hybridized carbons (Fsp3) is 0.533. The van der Waals surface area contributed by atoms with Crippen molar-refractivity contribution in [2.24, 2.45) is 5.92 Å². The Labute approximate surface area is 123 Å². The van der Waals surface area contributed by atoms with E-state index in [2.05, 4.69) is 41.3 Å². The van der Waals surface area contributed by atoms with Crippen LogP contribution in [0.3, 0.4) is 0 Å². The first kappa shape index (κ1) is 13.8. The summed E-state index contributed by atoms with van der Waals surface area (Å²) in [6.45, 7) is 5.31. The standard InChI is InChI=1S/C15H20INO/c1-11(2)9-10-17(14-7-8-14)15(18)12-3-5-13(16)6-4-12/h3-6,11,14H,7-10H2,1-2H3. The lowest BCUT2D eigenvalue weighted by Crippen LogP contribution is -2.34. The quantitative estimate of drug-likeness (QED) is 0.731. The summed E-state index contributed by atoms with van der Waals surface area (Å²) in [6.07, 6.45) is 3.44. The average Bonchev–Trinajstić information content (AvgIpc) is 3.14. The molecule has 1 amide bonds. The fourth-order valence-corrected chi connectivity index (χ4v) is 2.35. The molecule has 0 spiro atoms. The molecule has 2 rings (SSSR count). The van der Waals surface area contributed by atoms with Crippen molar-refractivity contribution in [1.29, 1.82) is 0 Å². The number of amides is 1. The molecule has 0 radical (unpaired) electrons. The van der Waals surface area contributed by atoms with Gasteiger partial charge in [-0.2, -0.15) is 0 Å². The maximum atomic E-state index is 12.5. The topological polar surface area (TPSA) is 20.3 Å². The summed E-state index contributed by atoms with van der Waals surface area (Å²) in [5.41, 5.74) is 0.825. The highest BCUT2D eigenvalue weighted by Gasteiger charge is 2.32. The summed E-state index contributed by atoms with van der Waals surface area (Å²) in [6, 6.07) is 8.38. The number of nitrogens with zero attached hydrogens (tertiary/aromatic N) is 1. The van der Waals surface area contributed by atoms with Crippen LogP contribution in [-0.4, -0.2) is 23.4 Å². The van der Waals surface area contributed by atoms with Crippen LogP contribution >= 0.6 is 22.6 Å². The zero-order valence-electron chi connectivity index (χ0n) is 11.0. The molecule has 0 unspecified atom stereocenters. The molecule has 1 aromatic carbocycles. The Kier molecular flexibility index (Phi) is 4.65. The third-order valence-corrected chi connectivity index (χ3v) is 4.01. The Morgan fingerprint density at radius 1 is 1.33 bits per heavy atom. The normalized spacial score (nSPS) is 14.9. The van der Waals surface area contributed by atoms with Crippen LogP contribution in [0.4, 0.5) is 0 Å². The maximum absolute atomic E-state index is 12.5. The molecule has 1 aliphatic rings. The lowest BCUT2D eigenvalue weighted by atomic mass is 10.1. The Morgan fingerprint density at radius 3 is 2.44 bits per heavy atom. The van der Waals surface area contributed by atoms with E-state index in [0.29, 0.717) is 12.0 Å². The largest absolute Gasteiger partial charge is 0.336 e. The SMILES string of the molecule is CC(C)CCN(C(=O)c1ccc(I)cc1)C1CC1. The number of carbonyl (C=O) groups is 1. The number of rotatable bonds is 5. The van der Waals surface area contributed by atoms with Gasteiger partial charge in [-0.05, 0) is 72.0 Å². The maximum Gasteiger partial charge on any atom is 0.254 e. The molecule has 0 heterocycles. The van der Waals surface area contributed by atoms with E-state index >= 15 is 0 Å². The summed E-state index contributed by atoms with van der Waals surface area (Å²) >= 11 is 2.26. The van der Waals surface area contributed by atoms with Gasteiger partial charge in [-0.25, -0.2) is 0 Å². The second kappa shape index (κ2) is 6.04.